The van der Waals surface area contributed by atoms with Crippen molar-refractivity contribution in [2.75, 3.05) is 65.4 Å². The molecule has 0 bridgehead atoms. The molecule has 0 aromatic heterocycles. The maximum atomic E-state index is 5.42. The highest BCUT2D eigenvalue weighted by molar-refractivity contribution is 14.0. The van der Waals surface area contributed by atoms with E-state index in [0.717, 1.165) is 68.0 Å². The Labute approximate surface area is 211 Å². The van der Waals surface area contributed by atoms with Crippen LogP contribution in [-0.4, -0.2) is 77.4 Å². The highest BCUT2D eigenvalue weighted by Crippen LogP contribution is 2.30. The summed E-state index contributed by atoms with van der Waals surface area (Å²) >= 11 is 0. The van der Waals surface area contributed by atoms with Crippen molar-refractivity contribution in [2.24, 2.45) is 10.9 Å². The number of rotatable bonds is 8. The molecule has 8 heteroatoms. The molecule has 3 rings (SSSR count). The molecule has 0 aliphatic carbocycles. The van der Waals surface area contributed by atoms with Crippen LogP contribution >= 0.6 is 24.0 Å². The molecule has 182 valence electrons. The molecule has 0 amide bonds. The standard InChI is InChI=1S/C24H41N5O2.HI/c1-19-7-5-11-28(18-19)12-6-10-26-24(25-2)27-20-8-13-29(14-9-20)21-15-22(30-3)17-23(16-21)31-4;/h15-17,19-20H,5-14,18H2,1-4H3,(H2,25,26,27);1H. The average molecular weight is 560 g/mol. The molecule has 1 aromatic rings. The van der Waals surface area contributed by atoms with Crippen LogP contribution in [0.4, 0.5) is 5.69 Å². The molecule has 2 fully saturated rings. The van der Waals surface area contributed by atoms with Crippen molar-refractivity contribution in [3.8, 4) is 11.5 Å². The number of likely N-dealkylation sites (tertiary alicyclic amines) is 1. The van der Waals surface area contributed by atoms with E-state index in [1.54, 1.807) is 14.2 Å². The van der Waals surface area contributed by atoms with E-state index in [1.165, 1.54) is 32.5 Å². The van der Waals surface area contributed by atoms with Crippen LogP contribution in [0, 0.1) is 5.92 Å². The van der Waals surface area contributed by atoms with Gasteiger partial charge in [0.25, 0.3) is 0 Å². The number of aliphatic imine (C=N–C) groups is 1. The normalized spacial score (nSPS) is 20.4. The van der Waals surface area contributed by atoms with Gasteiger partial charge < -0.3 is 29.9 Å². The predicted octanol–water partition coefficient (Wildman–Crippen LogP) is 3.58. The second-order valence-electron chi connectivity index (χ2n) is 8.88. The molecule has 2 heterocycles. The second-order valence-corrected chi connectivity index (χ2v) is 8.88. The van der Waals surface area contributed by atoms with E-state index in [9.17, 15) is 0 Å². The van der Waals surface area contributed by atoms with Gasteiger partial charge in [0, 0.05) is 63.2 Å². The van der Waals surface area contributed by atoms with Gasteiger partial charge in [-0.05, 0) is 51.1 Å². The Hall–Kier alpha value is -1.42. The van der Waals surface area contributed by atoms with Crippen LogP contribution in [0.3, 0.4) is 0 Å². The van der Waals surface area contributed by atoms with Crippen LogP contribution in [0.5, 0.6) is 11.5 Å². The number of benzene rings is 1. The molecule has 0 spiro atoms. The molecule has 2 aliphatic heterocycles. The first kappa shape index (κ1) is 26.8. The third-order valence-electron chi connectivity index (χ3n) is 6.45. The summed E-state index contributed by atoms with van der Waals surface area (Å²) in [6.07, 6.45) is 6.04. The lowest BCUT2D eigenvalue weighted by Crippen LogP contribution is -2.49. The number of guanidine groups is 1. The van der Waals surface area contributed by atoms with Gasteiger partial charge in [0.2, 0.25) is 0 Å². The zero-order valence-electron chi connectivity index (χ0n) is 20.2. The summed E-state index contributed by atoms with van der Waals surface area (Å²) in [6, 6.07) is 6.52. The maximum Gasteiger partial charge on any atom is 0.191 e. The Balaban J connectivity index is 0.00000363. The summed E-state index contributed by atoms with van der Waals surface area (Å²) in [5, 5.41) is 7.12. The Morgan fingerprint density at radius 1 is 1.06 bits per heavy atom. The third kappa shape index (κ3) is 8.17. The van der Waals surface area contributed by atoms with Gasteiger partial charge in [-0.2, -0.15) is 0 Å². The van der Waals surface area contributed by atoms with Crippen LogP contribution in [0.1, 0.15) is 39.0 Å². The number of nitrogens with one attached hydrogen (secondary N) is 2. The van der Waals surface area contributed by atoms with Crippen LogP contribution in [0.25, 0.3) is 0 Å². The van der Waals surface area contributed by atoms with Gasteiger partial charge in [-0.15, -0.1) is 24.0 Å². The lowest BCUT2D eigenvalue weighted by molar-refractivity contribution is 0.182. The van der Waals surface area contributed by atoms with E-state index < -0.39 is 0 Å². The molecule has 0 saturated carbocycles. The molecule has 2 saturated heterocycles. The number of piperidine rings is 2. The van der Waals surface area contributed by atoms with Crippen molar-refractivity contribution in [3.05, 3.63) is 18.2 Å². The smallest absolute Gasteiger partial charge is 0.191 e. The van der Waals surface area contributed by atoms with Crippen molar-refractivity contribution >= 4 is 35.6 Å². The highest BCUT2D eigenvalue weighted by Gasteiger charge is 2.21. The number of anilines is 1. The lowest BCUT2D eigenvalue weighted by Gasteiger charge is -2.35. The van der Waals surface area contributed by atoms with Crippen molar-refractivity contribution in [2.45, 2.75) is 45.1 Å². The Bertz CT molecular complexity index is 687. The topological polar surface area (TPSA) is 61.4 Å². The van der Waals surface area contributed by atoms with Crippen LogP contribution in [0.2, 0.25) is 0 Å². The quantitative estimate of drug-likeness (QED) is 0.220. The summed E-state index contributed by atoms with van der Waals surface area (Å²) < 4.78 is 10.8. The minimum absolute atomic E-state index is 0. The minimum Gasteiger partial charge on any atom is -0.497 e. The van der Waals surface area contributed by atoms with Crippen molar-refractivity contribution in [1.82, 2.24) is 15.5 Å². The SMILES string of the molecule is CN=C(NCCCN1CCCC(C)C1)NC1CCN(c2cc(OC)cc(OC)c2)CC1.I. The molecule has 0 radical (unpaired) electrons. The molecule has 1 atom stereocenters. The van der Waals surface area contributed by atoms with Gasteiger partial charge in [0.1, 0.15) is 11.5 Å². The number of nitrogens with zero attached hydrogens (tertiary/aromatic N) is 3. The fourth-order valence-corrected chi connectivity index (χ4v) is 4.64. The van der Waals surface area contributed by atoms with Crippen LogP contribution < -0.4 is 25.0 Å². The van der Waals surface area contributed by atoms with E-state index in [0.29, 0.717) is 6.04 Å². The largest absolute Gasteiger partial charge is 0.497 e. The van der Waals surface area contributed by atoms with Gasteiger partial charge in [-0.1, -0.05) is 6.92 Å². The first-order chi connectivity index (χ1) is 15.1. The summed E-state index contributed by atoms with van der Waals surface area (Å²) in [4.78, 5) is 9.44. The number of halogens is 1. The third-order valence-corrected chi connectivity index (χ3v) is 6.45. The highest BCUT2D eigenvalue weighted by atomic mass is 127. The number of hydrogen-bond acceptors (Lipinski definition) is 5. The van der Waals surface area contributed by atoms with Gasteiger partial charge in [-0.25, -0.2) is 0 Å². The Morgan fingerprint density at radius 2 is 1.75 bits per heavy atom. The maximum absolute atomic E-state index is 5.42. The van der Waals surface area contributed by atoms with Crippen molar-refractivity contribution in [1.29, 1.82) is 0 Å². The molecule has 1 unspecified atom stereocenters. The van der Waals surface area contributed by atoms with Crippen LogP contribution in [-0.2, 0) is 0 Å². The zero-order chi connectivity index (χ0) is 22.1. The molecule has 7 nitrogen and oxygen atoms in total. The molecule has 1 aromatic carbocycles. The zero-order valence-corrected chi connectivity index (χ0v) is 22.6. The summed E-state index contributed by atoms with van der Waals surface area (Å²) in [5.41, 5.74) is 1.16. The fraction of sp³-hybridized carbons (Fsp3) is 0.708. The first-order valence-electron chi connectivity index (χ1n) is 11.8. The monoisotopic (exact) mass is 559 g/mol. The van der Waals surface area contributed by atoms with E-state index in [2.05, 4.69) is 44.5 Å². The Morgan fingerprint density at radius 3 is 2.34 bits per heavy atom. The molecular weight excluding hydrogens is 517 g/mol. The fourth-order valence-electron chi connectivity index (χ4n) is 4.64. The van der Waals surface area contributed by atoms with E-state index in [4.69, 9.17) is 9.47 Å². The van der Waals surface area contributed by atoms with Crippen molar-refractivity contribution in [3.63, 3.8) is 0 Å². The number of hydrogen-bond donors (Lipinski definition) is 2. The second kappa shape index (κ2) is 14.0. The molecular formula is C24H42IN5O2. The Kier molecular flexibility index (Phi) is 11.7. The van der Waals surface area contributed by atoms with Gasteiger partial charge in [0.05, 0.1) is 14.2 Å². The average Bonchev–Trinajstić information content (AvgIpc) is 2.81. The van der Waals surface area contributed by atoms with Crippen LogP contribution in [0.15, 0.2) is 23.2 Å². The number of methoxy groups -OCH3 is 2. The first-order valence-corrected chi connectivity index (χ1v) is 11.8. The molecule has 2 N–H and O–H groups in total. The number of ether oxygens (including phenoxy) is 2. The summed E-state index contributed by atoms with van der Waals surface area (Å²) in [7, 11) is 5.25. The van der Waals surface area contributed by atoms with Gasteiger partial charge in [0.15, 0.2) is 5.96 Å². The summed E-state index contributed by atoms with van der Waals surface area (Å²) in [6.45, 7) is 9.02. The molecule has 32 heavy (non-hydrogen) atoms. The van der Waals surface area contributed by atoms with Gasteiger partial charge in [-0.3, -0.25) is 4.99 Å². The van der Waals surface area contributed by atoms with E-state index >= 15 is 0 Å². The summed E-state index contributed by atoms with van der Waals surface area (Å²) in [5.74, 6) is 3.44. The van der Waals surface area contributed by atoms with E-state index in [1.807, 2.05) is 13.1 Å². The van der Waals surface area contributed by atoms with Crippen molar-refractivity contribution < 1.29 is 9.47 Å². The van der Waals surface area contributed by atoms with Gasteiger partial charge >= 0.3 is 0 Å². The molecule has 2 aliphatic rings. The lowest BCUT2D eigenvalue weighted by atomic mass is 10.0. The predicted molar refractivity (Wildman–Crippen MR) is 144 cm³/mol. The van der Waals surface area contributed by atoms with E-state index in [-0.39, 0.29) is 24.0 Å². The minimum atomic E-state index is 0.